The summed E-state index contributed by atoms with van der Waals surface area (Å²) in [5.74, 6) is -0.284. The number of hydrogen-bond acceptors (Lipinski definition) is 1. The van der Waals surface area contributed by atoms with E-state index in [0.717, 1.165) is 16.7 Å². The van der Waals surface area contributed by atoms with Gasteiger partial charge in [0.15, 0.2) is 0 Å². The largest absolute Gasteiger partial charge is 0.334 e. The van der Waals surface area contributed by atoms with Crippen LogP contribution in [0.5, 0.6) is 0 Å². The highest BCUT2D eigenvalue weighted by atomic mass is 35.5. The molecule has 4 heteroatoms. The van der Waals surface area contributed by atoms with Crippen LogP contribution in [-0.4, -0.2) is 5.91 Å². The number of nitrogens with one attached hydrogen (secondary N) is 1. The van der Waals surface area contributed by atoms with Gasteiger partial charge in [-0.2, -0.15) is 0 Å². The third kappa shape index (κ3) is 3.85. The molecular weight excluding hydrogens is 413 g/mol. The Morgan fingerprint density at radius 2 is 1.07 bits per heavy atom. The van der Waals surface area contributed by atoms with Crippen molar-refractivity contribution in [3.63, 3.8) is 0 Å². The summed E-state index contributed by atoms with van der Waals surface area (Å²) in [4.78, 5) is 13.5. The first-order valence-electron chi connectivity index (χ1n) is 9.55. The molecule has 148 valence electrons. The van der Waals surface area contributed by atoms with Crippen LogP contribution < -0.4 is 5.32 Å². The van der Waals surface area contributed by atoms with Gasteiger partial charge >= 0.3 is 0 Å². The van der Waals surface area contributed by atoms with Gasteiger partial charge in [-0.25, -0.2) is 0 Å². The van der Waals surface area contributed by atoms with Gasteiger partial charge in [-0.15, -0.1) is 0 Å². The zero-order chi connectivity index (χ0) is 21.0. The van der Waals surface area contributed by atoms with E-state index in [1.807, 2.05) is 91.0 Å². The lowest BCUT2D eigenvalue weighted by Gasteiger charge is -2.37. The van der Waals surface area contributed by atoms with Gasteiger partial charge in [0, 0.05) is 5.02 Å². The average Bonchev–Trinajstić information content (AvgIpc) is 2.79. The zero-order valence-corrected chi connectivity index (χ0v) is 17.6. The molecule has 0 bridgehead atoms. The lowest BCUT2D eigenvalue weighted by atomic mass is 9.77. The molecule has 4 aromatic carbocycles. The normalized spacial score (nSPS) is 11.1. The van der Waals surface area contributed by atoms with Crippen LogP contribution in [0.25, 0.3) is 0 Å². The van der Waals surface area contributed by atoms with E-state index in [4.69, 9.17) is 23.2 Å². The maximum absolute atomic E-state index is 13.5. The van der Waals surface area contributed by atoms with Crippen molar-refractivity contribution in [2.45, 2.75) is 5.54 Å². The molecule has 0 spiro atoms. The zero-order valence-electron chi connectivity index (χ0n) is 16.1. The predicted molar refractivity (Wildman–Crippen MR) is 123 cm³/mol. The highest BCUT2D eigenvalue weighted by Crippen LogP contribution is 2.37. The Labute approximate surface area is 186 Å². The summed E-state index contributed by atoms with van der Waals surface area (Å²) in [5.41, 5.74) is 2.31. The molecule has 0 atom stereocenters. The molecule has 0 aliphatic rings. The number of amides is 1. The van der Waals surface area contributed by atoms with Crippen molar-refractivity contribution in [3.05, 3.63) is 141 Å². The fourth-order valence-corrected chi connectivity index (χ4v) is 4.19. The molecular formula is C26H19Cl2NO. The first kappa shape index (κ1) is 20.2. The van der Waals surface area contributed by atoms with Gasteiger partial charge in [0.2, 0.25) is 0 Å². The van der Waals surface area contributed by atoms with Crippen LogP contribution in [0.1, 0.15) is 27.0 Å². The van der Waals surface area contributed by atoms with E-state index in [1.54, 1.807) is 18.2 Å². The summed E-state index contributed by atoms with van der Waals surface area (Å²) in [7, 11) is 0. The second-order valence-corrected chi connectivity index (χ2v) is 7.77. The minimum Gasteiger partial charge on any atom is -0.334 e. The van der Waals surface area contributed by atoms with Crippen LogP contribution in [0.3, 0.4) is 0 Å². The third-order valence-electron chi connectivity index (χ3n) is 5.10. The molecule has 0 aromatic heterocycles. The molecule has 0 radical (unpaired) electrons. The van der Waals surface area contributed by atoms with Gasteiger partial charge in [0.25, 0.3) is 5.91 Å². The molecule has 0 saturated heterocycles. The number of carbonyl (C=O) groups is 1. The maximum atomic E-state index is 13.5. The van der Waals surface area contributed by atoms with Crippen molar-refractivity contribution >= 4 is 29.1 Å². The number of rotatable bonds is 5. The molecule has 2 nitrogen and oxygen atoms in total. The lowest BCUT2D eigenvalue weighted by molar-refractivity contribution is 0.0925. The quantitative estimate of drug-likeness (QED) is 0.349. The van der Waals surface area contributed by atoms with E-state index in [2.05, 4.69) is 5.32 Å². The maximum Gasteiger partial charge on any atom is 0.254 e. The third-order valence-corrected chi connectivity index (χ3v) is 5.65. The summed E-state index contributed by atoms with van der Waals surface area (Å²) in [6.07, 6.45) is 0. The molecule has 0 heterocycles. The summed E-state index contributed by atoms with van der Waals surface area (Å²) < 4.78 is 0. The van der Waals surface area contributed by atoms with E-state index in [-0.39, 0.29) is 5.91 Å². The van der Waals surface area contributed by atoms with E-state index in [9.17, 15) is 4.79 Å². The summed E-state index contributed by atoms with van der Waals surface area (Å²) in [6.45, 7) is 0. The van der Waals surface area contributed by atoms with Gasteiger partial charge in [-0.3, -0.25) is 4.79 Å². The molecule has 0 unspecified atom stereocenters. The molecule has 4 aromatic rings. The fourth-order valence-electron chi connectivity index (χ4n) is 3.69. The summed E-state index contributed by atoms with van der Waals surface area (Å²) >= 11 is 12.4. The predicted octanol–water partition coefficient (Wildman–Crippen LogP) is 6.72. The highest BCUT2D eigenvalue weighted by Gasteiger charge is 2.38. The Morgan fingerprint density at radius 1 is 0.633 bits per heavy atom. The number of benzene rings is 4. The van der Waals surface area contributed by atoms with Gasteiger partial charge in [-0.1, -0.05) is 114 Å². The molecule has 4 rings (SSSR count). The molecule has 1 amide bonds. The standard InChI is InChI=1S/C26H19Cl2NO/c27-22-16-17-23(24(28)18-22)25(30)29-26(19-10-4-1-5-11-19,20-12-6-2-7-13-20)21-14-8-3-9-15-21/h1-18H,(H,29,30). The van der Waals surface area contributed by atoms with Gasteiger partial charge in [-0.05, 0) is 34.9 Å². The Balaban J connectivity index is 1.94. The average molecular weight is 432 g/mol. The van der Waals surface area contributed by atoms with Crippen molar-refractivity contribution in [3.8, 4) is 0 Å². The molecule has 30 heavy (non-hydrogen) atoms. The summed E-state index contributed by atoms with van der Waals surface area (Å²) in [5, 5.41) is 4.08. The second-order valence-electron chi connectivity index (χ2n) is 6.93. The Kier molecular flexibility index (Phi) is 5.89. The van der Waals surface area contributed by atoms with Crippen molar-refractivity contribution in [1.82, 2.24) is 5.32 Å². The van der Waals surface area contributed by atoms with E-state index in [1.165, 1.54) is 0 Å². The monoisotopic (exact) mass is 431 g/mol. The van der Waals surface area contributed by atoms with E-state index in [0.29, 0.717) is 15.6 Å². The van der Waals surface area contributed by atoms with Crippen molar-refractivity contribution < 1.29 is 4.79 Å². The van der Waals surface area contributed by atoms with Crippen LogP contribution >= 0.6 is 23.2 Å². The smallest absolute Gasteiger partial charge is 0.254 e. The molecule has 0 saturated carbocycles. The first-order valence-corrected chi connectivity index (χ1v) is 10.3. The van der Waals surface area contributed by atoms with E-state index < -0.39 is 5.54 Å². The topological polar surface area (TPSA) is 29.1 Å². The van der Waals surface area contributed by atoms with Crippen LogP contribution in [0.15, 0.2) is 109 Å². The lowest BCUT2D eigenvalue weighted by Crippen LogP contribution is -2.47. The van der Waals surface area contributed by atoms with Gasteiger partial charge in [0.1, 0.15) is 5.54 Å². The van der Waals surface area contributed by atoms with Crippen LogP contribution in [-0.2, 0) is 5.54 Å². The Hall–Kier alpha value is -3.07. The highest BCUT2D eigenvalue weighted by molar-refractivity contribution is 6.36. The van der Waals surface area contributed by atoms with E-state index >= 15 is 0 Å². The number of halogens is 2. The van der Waals surface area contributed by atoms with Crippen molar-refractivity contribution in [1.29, 1.82) is 0 Å². The van der Waals surface area contributed by atoms with Crippen LogP contribution in [0.2, 0.25) is 10.0 Å². The van der Waals surface area contributed by atoms with Crippen LogP contribution in [0, 0.1) is 0 Å². The van der Waals surface area contributed by atoms with Crippen molar-refractivity contribution in [2.75, 3.05) is 0 Å². The first-order chi connectivity index (χ1) is 14.6. The minimum atomic E-state index is -0.899. The molecule has 1 N–H and O–H groups in total. The number of hydrogen-bond donors (Lipinski definition) is 1. The second kappa shape index (κ2) is 8.74. The Bertz CT molecular complexity index is 1050. The van der Waals surface area contributed by atoms with Gasteiger partial charge < -0.3 is 5.32 Å². The molecule has 0 aliphatic carbocycles. The van der Waals surface area contributed by atoms with Crippen molar-refractivity contribution in [2.24, 2.45) is 0 Å². The van der Waals surface area contributed by atoms with Gasteiger partial charge in [0.05, 0.1) is 10.6 Å². The SMILES string of the molecule is O=C(NC(c1ccccc1)(c1ccccc1)c1ccccc1)c1ccc(Cl)cc1Cl. The Morgan fingerprint density at radius 3 is 1.47 bits per heavy atom. The summed E-state index contributed by atoms with van der Waals surface area (Å²) in [6, 6.07) is 34.7. The molecule has 0 aliphatic heterocycles. The molecule has 0 fully saturated rings. The minimum absolute atomic E-state index is 0.284. The van der Waals surface area contributed by atoms with Crippen LogP contribution in [0.4, 0.5) is 0 Å². The fraction of sp³-hybridized carbons (Fsp3) is 0.0385. The number of carbonyl (C=O) groups excluding carboxylic acids is 1.